The summed E-state index contributed by atoms with van der Waals surface area (Å²) in [5.74, 6) is 0. The van der Waals surface area contributed by atoms with Crippen LogP contribution in [0.3, 0.4) is 0 Å². The van der Waals surface area contributed by atoms with Gasteiger partial charge in [0.1, 0.15) is 0 Å². The van der Waals surface area contributed by atoms with Crippen molar-refractivity contribution in [2.45, 2.75) is 51.1 Å². The van der Waals surface area contributed by atoms with E-state index in [9.17, 15) is 0 Å². The van der Waals surface area contributed by atoms with Crippen LogP contribution in [0, 0.1) is 0 Å². The van der Waals surface area contributed by atoms with Crippen LogP contribution in [0.1, 0.15) is 49.9 Å². The molecule has 1 aromatic rings. The zero-order valence-electron chi connectivity index (χ0n) is 11.9. The Morgan fingerprint density at radius 1 is 1.37 bits per heavy atom. The Bertz CT molecular complexity index is 418. The smallest absolute Gasteiger partial charge is 0.0605 e. The molecule has 0 amide bonds. The lowest BCUT2D eigenvalue weighted by atomic mass is 9.91. The van der Waals surface area contributed by atoms with Crippen molar-refractivity contribution in [3.63, 3.8) is 0 Å². The number of hydrogen-bond acceptors (Lipinski definition) is 3. The Labute approximate surface area is 116 Å². The van der Waals surface area contributed by atoms with Gasteiger partial charge in [-0.25, -0.2) is 0 Å². The van der Waals surface area contributed by atoms with Crippen molar-refractivity contribution in [1.82, 2.24) is 15.2 Å². The van der Waals surface area contributed by atoms with Crippen molar-refractivity contribution >= 4 is 0 Å². The molecule has 19 heavy (non-hydrogen) atoms. The van der Waals surface area contributed by atoms with Crippen molar-refractivity contribution in [2.75, 3.05) is 19.6 Å². The van der Waals surface area contributed by atoms with E-state index in [1.165, 1.54) is 63.0 Å². The van der Waals surface area contributed by atoms with E-state index < -0.39 is 0 Å². The molecule has 1 fully saturated rings. The molecule has 2 unspecified atom stereocenters. The second-order valence-corrected chi connectivity index (χ2v) is 5.89. The molecule has 0 spiro atoms. The second-order valence-electron chi connectivity index (χ2n) is 5.89. The van der Waals surface area contributed by atoms with Gasteiger partial charge in [0.05, 0.1) is 11.7 Å². The number of pyridine rings is 1. The first-order valence-electron chi connectivity index (χ1n) is 7.79. The summed E-state index contributed by atoms with van der Waals surface area (Å²) >= 11 is 0. The molecule has 3 rings (SSSR count). The summed E-state index contributed by atoms with van der Waals surface area (Å²) in [6.45, 7) is 5.92. The average Bonchev–Trinajstić information content (AvgIpc) is 2.48. The Kier molecular flexibility index (Phi) is 4.14. The minimum absolute atomic E-state index is 0.478. The molecule has 1 aromatic heterocycles. The second kappa shape index (κ2) is 6.02. The van der Waals surface area contributed by atoms with E-state index in [1.807, 2.05) is 6.20 Å². The predicted molar refractivity (Wildman–Crippen MR) is 78.2 cm³/mol. The number of aryl methyl sites for hydroxylation is 1. The number of aromatic nitrogens is 1. The average molecular weight is 259 g/mol. The van der Waals surface area contributed by atoms with Crippen LogP contribution in [0.25, 0.3) is 0 Å². The first-order chi connectivity index (χ1) is 9.36. The van der Waals surface area contributed by atoms with Crippen molar-refractivity contribution in [3.05, 3.63) is 29.6 Å². The highest BCUT2D eigenvalue weighted by atomic mass is 15.2. The number of fused-ring (bicyclic) bond motifs is 1. The standard InChI is InChI=1S/C16H25N3/c1-2-19-11-5-8-14(12-19)18-15-9-3-6-13-7-4-10-17-16(13)15/h4,7,10,14-15,18H,2-3,5-6,8-9,11-12H2,1H3. The molecule has 1 aliphatic carbocycles. The fraction of sp³-hybridized carbons (Fsp3) is 0.688. The number of piperidine rings is 1. The van der Waals surface area contributed by atoms with Crippen LogP contribution in [0.2, 0.25) is 0 Å². The van der Waals surface area contributed by atoms with Gasteiger partial charge in [0, 0.05) is 18.8 Å². The van der Waals surface area contributed by atoms with Crippen molar-refractivity contribution < 1.29 is 0 Å². The maximum Gasteiger partial charge on any atom is 0.0605 e. The van der Waals surface area contributed by atoms with E-state index in [-0.39, 0.29) is 0 Å². The van der Waals surface area contributed by atoms with Gasteiger partial charge in [-0.2, -0.15) is 0 Å². The normalized spacial score (nSPS) is 28.1. The molecule has 0 aromatic carbocycles. The van der Waals surface area contributed by atoms with Crippen molar-refractivity contribution in [3.8, 4) is 0 Å². The molecule has 1 N–H and O–H groups in total. The van der Waals surface area contributed by atoms with Crippen LogP contribution in [0.15, 0.2) is 18.3 Å². The lowest BCUT2D eigenvalue weighted by molar-refractivity contribution is 0.186. The Balaban J connectivity index is 1.67. The quantitative estimate of drug-likeness (QED) is 0.904. The third-order valence-corrected chi connectivity index (χ3v) is 4.58. The highest BCUT2D eigenvalue weighted by Crippen LogP contribution is 2.28. The van der Waals surface area contributed by atoms with E-state index in [1.54, 1.807) is 0 Å². The maximum absolute atomic E-state index is 4.63. The highest BCUT2D eigenvalue weighted by Gasteiger charge is 2.26. The van der Waals surface area contributed by atoms with E-state index in [2.05, 4.69) is 34.3 Å². The fourth-order valence-corrected chi connectivity index (χ4v) is 3.53. The van der Waals surface area contributed by atoms with Crippen molar-refractivity contribution in [2.24, 2.45) is 0 Å². The molecule has 1 saturated heterocycles. The van der Waals surface area contributed by atoms with E-state index in [0.29, 0.717) is 12.1 Å². The molecule has 1 aliphatic heterocycles. The number of nitrogens with zero attached hydrogens (tertiary/aromatic N) is 2. The summed E-state index contributed by atoms with van der Waals surface area (Å²) in [6.07, 6.45) is 8.32. The largest absolute Gasteiger partial charge is 0.305 e. The summed E-state index contributed by atoms with van der Waals surface area (Å²) in [5.41, 5.74) is 2.76. The third-order valence-electron chi connectivity index (χ3n) is 4.58. The van der Waals surface area contributed by atoms with E-state index in [0.717, 1.165) is 0 Å². The Morgan fingerprint density at radius 3 is 3.21 bits per heavy atom. The lowest BCUT2D eigenvalue weighted by Gasteiger charge is -2.36. The topological polar surface area (TPSA) is 28.2 Å². The van der Waals surface area contributed by atoms with Crippen LogP contribution < -0.4 is 5.32 Å². The summed E-state index contributed by atoms with van der Waals surface area (Å²) in [7, 11) is 0. The van der Waals surface area contributed by atoms with Crippen LogP contribution in [-0.4, -0.2) is 35.6 Å². The number of rotatable bonds is 3. The predicted octanol–water partition coefficient (Wildman–Crippen LogP) is 2.53. The van der Waals surface area contributed by atoms with E-state index >= 15 is 0 Å². The van der Waals surface area contributed by atoms with Gasteiger partial charge in [-0.1, -0.05) is 13.0 Å². The van der Waals surface area contributed by atoms with Gasteiger partial charge < -0.3 is 10.2 Å². The molecule has 2 heterocycles. The van der Waals surface area contributed by atoms with Gasteiger partial charge >= 0.3 is 0 Å². The summed E-state index contributed by atoms with van der Waals surface area (Å²) in [6, 6.07) is 5.44. The molecule has 3 nitrogen and oxygen atoms in total. The number of nitrogens with one attached hydrogen (secondary N) is 1. The monoisotopic (exact) mass is 259 g/mol. The molecule has 0 saturated carbocycles. The van der Waals surface area contributed by atoms with E-state index in [4.69, 9.17) is 0 Å². The van der Waals surface area contributed by atoms with Crippen molar-refractivity contribution in [1.29, 1.82) is 0 Å². The number of hydrogen-bond donors (Lipinski definition) is 1. The molecule has 104 valence electrons. The molecular formula is C16H25N3. The zero-order chi connectivity index (χ0) is 13.1. The van der Waals surface area contributed by atoms with Gasteiger partial charge in [-0.3, -0.25) is 4.98 Å². The van der Waals surface area contributed by atoms with Gasteiger partial charge in [0.15, 0.2) is 0 Å². The molecule has 3 heteroatoms. The number of likely N-dealkylation sites (N-methyl/N-ethyl adjacent to an activating group) is 1. The highest BCUT2D eigenvalue weighted by molar-refractivity contribution is 5.25. The van der Waals surface area contributed by atoms with Gasteiger partial charge in [0.25, 0.3) is 0 Å². The molecule has 0 bridgehead atoms. The molecule has 2 atom stereocenters. The van der Waals surface area contributed by atoms with Crippen LogP contribution in [0.5, 0.6) is 0 Å². The van der Waals surface area contributed by atoms with Gasteiger partial charge in [-0.15, -0.1) is 0 Å². The van der Waals surface area contributed by atoms with Gasteiger partial charge in [-0.05, 0) is 56.8 Å². The molecular weight excluding hydrogens is 234 g/mol. The SMILES string of the molecule is CCN1CCCC(NC2CCCc3cccnc32)C1. The minimum Gasteiger partial charge on any atom is -0.305 e. The summed E-state index contributed by atoms with van der Waals surface area (Å²) in [4.78, 5) is 7.19. The van der Waals surface area contributed by atoms with Crippen LogP contribution in [0.4, 0.5) is 0 Å². The first-order valence-corrected chi connectivity index (χ1v) is 7.79. The third kappa shape index (κ3) is 2.98. The zero-order valence-corrected chi connectivity index (χ0v) is 11.9. The summed E-state index contributed by atoms with van der Waals surface area (Å²) in [5, 5.41) is 3.87. The molecule has 0 radical (unpaired) electrons. The summed E-state index contributed by atoms with van der Waals surface area (Å²) < 4.78 is 0. The van der Waals surface area contributed by atoms with Gasteiger partial charge in [0.2, 0.25) is 0 Å². The minimum atomic E-state index is 0.478. The fourth-order valence-electron chi connectivity index (χ4n) is 3.53. The van der Waals surface area contributed by atoms with Crippen LogP contribution in [-0.2, 0) is 6.42 Å². The number of likely N-dealkylation sites (tertiary alicyclic amines) is 1. The molecule has 2 aliphatic rings. The lowest BCUT2D eigenvalue weighted by Crippen LogP contribution is -2.47. The maximum atomic E-state index is 4.63. The first kappa shape index (κ1) is 13.1. The Morgan fingerprint density at radius 2 is 2.32 bits per heavy atom. The Hall–Kier alpha value is -0.930. The van der Waals surface area contributed by atoms with Crippen LogP contribution >= 0.6 is 0 Å².